The fourth-order valence-corrected chi connectivity index (χ4v) is 5.29. The van der Waals surface area contributed by atoms with Crippen LogP contribution in [0.1, 0.15) is 27.2 Å². The van der Waals surface area contributed by atoms with Gasteiger partial charge in [0.1, 0.15) is 6.10 Å². The molecule has 0 unspecified atom stereocenters. The van der Waals surface area contributed by atoms with Crippen LogP contribution < -0.4 is 0 Å². The molecule has 5 heteroatoms. The summed E-state index contributed by atoms with van der Waals surface area (Å²) in [6, 6.07) is 0. The van der Waals surface area contributed by atoms with Gasteiger partial charge >= 0.3 is 0 Å². The van der Waals surface area contributed by atoms with Crippen molar-refractivity contribution in [3.63, 3.8) is 0 Å². The topological polar surface area (TPSA) is 36.9 Å². The SMILES string of the molecule is CC(C)(C)[Si](C)(C)OC[C@H]1O[C@@H]2OC[C@@H]3CC=C4CO[C@H]1[C@@H]4[C@@H]32. The summed E-state index contributed by atoms with van der Waals surface area (Å²) in [5.74, 6) is 1.59. The third-order valence-corrected chi connectivity index (χ3v) is 11.2. The van der Waals surface area contributed by atoms with Crippen LogP contribution in [-0.4, -0.2) is 46.6 Å². The van der Waals surface area contributed by atoms with Crippen LogP contribution in [0.4, 0.5) is 0 Å². The molecule has 0 saturated carbocycles. The van der Waals surface area contributed by atoms with Crippen LogP contribution in [0, 0.1) is 17.8 Å². The van der Waals surface area contributed by atoms with Crippen LogP contribution in [0.3, 0.4) is 0 Å². The van der Waals surface area contributed by atoms with Crippen LogP contribution in [0.5, 0.6) is 0 Å². The second-order valence-electron chi connectivity index (χ2n) is 9.10. The van der Waals surface area contributed by atoms with Crippen LogP contribution in [-0.2, 0) is 18.6 Å². The van der Waals surface area contributed by atoms with E-state index < -0.39 is 8.32 Å². The van der Waals surface area contributed by atoms with Crippen molar-refractivity contribution in [2.45, 2.75) is 63.8 Å². The first-order chi connectivity index (χ1) is 10.8. The lowest BCUT2D eigenvalue weighted by Gasteiger charge is -2.44. The largest absolute Gasteiger partial charge is 0.414 e. The monoisotopic (exact) mass is 338 g/mol. The van der Waals surface area contributed by atoms with E-state index in [0.29, 0.717) is 24.4 Å². The summed E-state index contributed by atoms with van der Waals surface area (Å²) in [6.07, 6.45) is 3.61. The molecular weight excluding hydrogens is 308 g/mol. The average molecular weight is 339 g/mol. The summed E-state index contributed by atoms with van der Waals surface area (Å²) in [7, 11) is -1.77. The normalized spacial score (nSPS) is 42.6. The zero-order valence-corrected chi connectivity index (χ0v) is 16.0. The molecule has 130 valence electrons. The van der Waals surface area contributed by atoms with Crippen molar-refractivity contribution in [2.24, 2.45) is 17.8 Å². The van der Waals surface area contributed by atoms with Crippen molar-refractivity contribution in [2.75, 3.05) is 19.8 Å². The van der Waals surface area contributed by atoms with E-state index in [-0.39, 0.29) is 23.5 Å². The Morgan fingerprint density at radius 2 is 2.04 bits per heavy atom. The molecular formula is C18H30O4Si. The summed E-state index contributed by atoms with van der Waals surface area (Å²) in [5.41, 5.74) is 1.48. The Morgan fingerprint density at radius 1 is 1.26 bits per heavy atom. The fraction of sp³-hybridized carbons (Fsp3) is 0.889. The highest BCUT2D eigenvalue weighted by Gasteiger charge is 2.57. The molecule has 3 saturated heterocycles. The Kier molecular flexibility index (Phi) is 3.82. The smallest absolute Gasteiger partial charge is 0.192 e. The highest BCUT2D eigenvalue weighted by molar-refractivity contribution is 6.74. The molecule has 1 aliphatic carbocycles. The lowest BCUT2D eigenvalue weighted by molar-refractivity contribution is -0.236. The van der Waals surface area contributed by atoms with Gasteiger partial charge in [-0.1, -0.05) is 26.8 Å². The first-order valence-corrected chi connectivity index (χ1v) is 11.9. The van der Waals surface area contributed by atoms with Gasteiger partial charge in [-0.25, -0.2) is 0 Å². The van der Waals surface area contributed by atoms with Gasteiger partial charge in [-0.05, 0) is 36.0 Å². The first-order valence-electron chi connectivity index (χ1n) is 8.99. The molecule has 6 atom stereocenters. The fourth-order valence-electron chi connectivity index (χ4n) is 4.28. The summed E-state index contributed by atoms with van der Waals surface area (Å²) < 4.78 is 24.9. The van der Waals surface area contributed by atoms with E-state index in [4.69, 9.17) is 18.6 Å². The number of hydrogen-bond donors (Lipinski definition) is 0. The van der Waals surface area contributed by atoms with E-state index in [2.05, 4.69) is 39.9 Å². The molecule has 0 aromatic heterocycles. The highest BCUT2D eigenvalue weighted by atomic mass is 28.4. The van der Waals surface area contributed by atoms with E-state index in [0.717, 1.165) is 19.6 Å². The zero-order chi connectivity index (χ0) is 16.4. The Hall–Kier alpha value is -0.203. The number of ether oxygens (including phenoxy) is 3. The molecule has 0 N–H and O–H groups in total. The average Bonchev–Trinajstić information content (AvgIpc) is 3.05. The molecule has 3 fully saturated rings. The van der Waals surface area contributed by atoms with Gasteiger partial charge in [-0.15, -0.1) is 0 Å². The maximum absolute atomic E-state index is 6.43. The van der Waals surface area contributed by atoms with Crippen LogP contribution >= 0.6 is 0 Å². The van der Waals surface area contributed by atoms with Gasteiger partial charge in [0, 0.05) is 11.8 Å². The summed E-state index contributed by atoms with van der Waals surface area (Å²) in [5, 5.41) is 0.214. The van der Waals surface area contributed by atoms with Crippen molar-refractivity contribution < 1.29 is 18.6 Å². The second kappa shape index (κ2) is 5.40. The maximum Gasteiger partial charge on any atom is 0.192 e. The van der Waals surface area contributed by atoms with Gasteiger partial charge in [0.15, 0.2) is 14.6 Å². The van der Waals surface area contributed by atoms with Gasteiger partial charge in [-0.2, -0.15) is 0 Å². The van der Waals surface area contributed by atoms with Gasteiger partial charge in [0.05, 0.1) is 25.9 Å². The van der Waals surface area contributed by atoms with E-state index in [9.17, 15) is 0 Å². The molecule has 0 aromatic rings. The van der Waals surface area contributed by atoms with Crippen molar-refractivity contribution in [1.29, 1.82) is 0 Å². The van der Waals surface area contributed by atoms with Crippen LogP contribution in [0.15, 0.2) is 11.6 Å². The van der Waals surface area contributed by atoms with Crippen molar-refractivity contribution in [3.8, 4) is 0 Å². The molecule has 0 amide bonds. The highest BCUT2D eigenvalue weighted by Crippen LogP contribution is 2.52. The van der Waals surface area contributed by atoms with Crippen molar-refractivity contribution >= 4 is 8.32 Å². The standard InChI is InChI=1S/C18H30O4Si/c1-18(2,3)23(4,5)21-10-13-16-14-11(8-19-16)6-7-12-9-20-17(22-13)15(12)14/h6,12-17H,7-10H2,1-5H3/t12-,13+,14-,15+,16+,17-/m0/s1. The number of allylic oxidation sites excluding steroid dienone is 1. The maximum atomic E-state index is 6.43. The Morgan fingerprint density at radius 3 is 2.78 bits per heavy atom. The minimum atomic E-state index is -1.77. The van der Waals surface area contributed by atoms with Crippen molar-refractivity contribution in [1.82, 2.24) is 0 Å². The predicted octanol–water partition coefficient (Wildman–Crippen LogP) is 3.34. The molecule has 0 radical (unpaired) electrons. The minimum absolute atomic E-state index is 0.00174. The first kappa shape index (κ1) is 16.3. The molecule has 0 spiro atoms. The van der Waals surface area contributed by atoms with E-state index in [1.54, 1.807) is 0 Å². The van der Waals surface area contributed by atoms with Gasteiger partial charge in [-0.3, -0.25) is 0 Å². The van der Waals surface area contributed by atoms with Crippen molar-refractivity contribution in [3.05, 3.63) is 11.6 Å². The third-order valence-electron chi connectivity index (χ3n) is 6.75. The van der Waals surface area contributed by atoms with Gasteiger partial charge in [0.25, 0.3) is 0 Å². The minimum Gasteiger partial charge on any atom is -0.414 e. The third kappa shape index (κ3) is 2.56. The quantitative estimate of drug-likeness (QED) is 0.584. The number of hydrogen-bond acceptors (Lipinski definition) is 4. The molecule has 0 bridgehead atoms. The Labute approximate surface area is 140 Å². The molecule has 3 aliphatic heterocycles. The van der Waals surface area contributed by atoms with E-state index in [1.165, 1.54) is 5.57 Å². The second-order valence-corrected chi connectivity index (χ2v) is 13.9. The molecule has 4 aliphatic rings. The van der Waals surface area contributed by atoms with E-state index in [1.807, 2.05) is 0 Å². The van der Waals surface area contributed by atoms with Crippen LogP contribution in [0.2, 0.25) is 18.1 Å². The number of rotatable bonds is 3. The van der Waals surface area contributed by atoms with Gasteiger partial charge in [0.2, 0.25) is 0 Å². The van der Waals surface area contributed by atoms with E-state index >= 15 is 0 Å². The van der Waals surface area contributed by atoms with Crippen LogP contribution in [0.25, 0.3) is 0 Å². The summed E-state index contributed by atoms with van der Waals surface area (Å²) in [4.78, 5) is 0. The predicted molar refractivity (Wildman–Crippen MR) is 90.7 cm³/mol. The summed E-state index contributed by atoms with van der Waals surface area (Å²) >= 11 is 0. The Balaban J connectivity index is 1.51. The van der Waals surface area contributed by atoms with Gasteiger partial charge < -0.3 is 18.6 Å². The molecule has 0 aromatic carbocycles. The zero-order valence-electron chi connectivity index (χ0n) is 15.0. The lowest BCUT2D eigenvalue weighted by atomic mass is 9.69. The summed E-state index contributed by atoms with van der Waals surface area (Å²) in [6.45, 7) is 13.6. The molecule has 3 heterocycles. The lowest BCUT2D eigenvalue weighted by Crippen LogP contribution is -2.53. The molecule has 4 rings (SSSR count). The molecule has 4 nitrogen and oxygen atoms in total. The molecule has 23 heavy (non-hydrogen) atoms. The Bertz CT molecular complexity index is 510.